The molecule has 2 atom stereocenters. The molecular formula is C16H22N4OS. The molecule has 3 aliphatic rings. The van der Waals surface area contributed by atoms with Gasteiger partial charge in [-0.05, 0) is 43.6 Å². The number of fused-ring (bicyclic) bond motifs is 1. The van der Waals surface area contributed by atoms with Gasteiger partial charge in [0.15, 0.2) is 5.11 Å². The second-order valence-corrected chi connectivity index (χ2v) is 7.02. The first-order chi connectivity index (χ1) is 10.7. The molecule has 4 rings (SSSR count). The molecule has 0 radical (unpaired) electrons. The molecule has 0 bridgehead atoms. The van der Waals surface area contributed by atoms with E-state index in [0.717, 1.165) is 37.4 Å². The van der Waals surface area contributed by atoms with Gasteiger partial charge in [-0.25, -0.2) is 0 Å². The fourth-order valence-electron chi connectivity index (χ4n) is 3.48. The molecule has 118 valence electrons. The molecule has 22 heavy (non-hydrogen) atoms. The van der Waals surface area contributed by atoms with E-state index in [1.807, 2.05) is 18.2 Å². The Morgan fingerprint density at radius 1 is 1.41 bits per heavy atom. The molecule has 0 amide bonds. The number of hydrogen-bond donors (Lipinski definition) is 4. The highest BCUT2D eigenvalue weighted by Gasteiger charge is 2.48. The molecule has 2 unspecified atom stereocenters. The van der Waals surface area contributed by atoms with Crippen molar-refractivity contribution in [3.8, 4) is 5.75 Å². The molecule has 6 heteroatoms. The summed E-state index contributed by atoms with van der Waals surface area (Å²) in [6.07, 6.45) is 4.48. The van der Waals surface area contributed by atoms with Crippen molar-refractivity contribution in [2.24, 2.45) is 5.73 Å². The van der Waals surface area contributed by atoms with Gasteiger partial charge in [0.1, 0.15) is 5.75 Å². The summed E-state index contributed by atoms with van der Waals surface area (Å²) in [7, 11) is 0. The summed E-state index contributed by atoms with van der Waals surface area (Å²) in [6, 6.07) is 6.37. The fourth-order valence-corrected chi connectivity index (χ4v) is 3.74. The zero-order chi connectivity index (χ0) is 15.2. The number of anilines is 1. The third-order valence-electron chi connectivity index (χ3n) is 5.00. The van der Waals surface area contributed by atoms with Crippen LogP contribution in [0.1, 0.15) is 24.8 Å². The number of ether oxygens (including phenoxy) is 1. The van der Waals surface area contributed by atoms with E-state index >= 15 is 0 Å². The number of nitrogens with one attached hydrogen (secondary N) is 3. The quantitative estimate of drug-likeness (QED) is 0.613. The van der Waals surface area contributed by atoms with E-state index in [2.05, 4.69) is 16.0 Å². The minimum absolute atomic E-state index is 0.0933. The summed E-state index contributed by atoms with van der Waals surface area (Å²) >= 11 is 5.50. The second-order valence-electron chi connectivity index (χ2n) is 6.61. The van der Waals surface area contributed by atoms with E-state index in [4.69, 9.17) is 22.7 Å². The van der Waals surface area contributed by atoms with Gasteiger partial charge in [0.2, 0.25) is 0 Å². The molecule has 1 aromatic rings. The van der Waals surface area contributed by atoms with Gasteiger partial charge in [0.05, 0.1) is 6.61 Å². The van der Waals surface area contributed by atoms with E-state index in [1.54, 1.807) is 0 Å². The lowest BCUT2D eigenvalue weighted by molar-refractivity contribution is 0.295. The predicted octanol–water partition coefficient (Wildman–Crippen LogP) is 1.13. The van der Waals surface area contributed by atoms with Gasteiger partial charge in [-0.1, -0.05) is 6.07 Å². The van der Waals surface area contributed by atoms with E-state index in [-0.39, 0.29) is 12.1 Å². The number of hydrogen-bond acceptors (Lipinski definition) is 4. The minimum Gasteiger partial charge on any atom is -0.493 e. The van der Waals surface area contributed by atoms with Crippen LogP contribution >= 0.6 is 12.2 Å². The molecule has 1 saturated carbocycles. The maximum atomic E-state index is 6.23. The normalized spacial score (nSPS) is 27.9. The molecule has 1 spiro atoms. The summed E-state index contributed by atoms with van der Waals surface area (Å²) in [4.78, 5) is 0. The first kappa shape index (κ1) is 14.2. The highest BCUT2D eigenvalue weighted by molar-refractivity contribution is 7.80. The van der Waals surface area contributed by atoms with Crippen LogP contribution in [0.5, 0.6) is 5.75 Å². The number of rotatable bonds is 2. The Balaban J connectivity index is 1.41. The van der Waals surface area contributed by atoms with Gasteiger partial charge in [-0.15, -0.1) is 0 Å². The summed E-state index contributed by atoms with van der Waals surface area (Å²) in [6.45, 7) is 1.60. The first-order valence-electron chi connectivity index (χ1n) is 7.98. The van der Waals surface area contributed by atoms with Crippen LogP contribution < -0.4 is 26.4 Å². The molecule has 5 nitrogen and oxygen atoms in total. The van der Waals surface area contributed by atoms with Crippen molar-refractivity contribution < 1.29 is 4.74 Å². The van der Waals surface area contributed by atoms with Crippen molar-refractivity contribution in [3.05, 3.63) is 23.8 Å². The van der Waals surface area contributed by atoms with Crippen molar-refractivity contribution in [2.45, 2.75) is 43.3 Å². The van der Waals surface area contributed by atoms with Crippen LogP contribution in [0.25, 0.3) is 0 Å². The Kier molecular flexibility index (Phi) is 3.47. The van der Waals surface area contributed by atoms with Crippen LogP contribution in [0.4, 0.5) is 5.69 Å². The maximum Gasteiger partial charge on any atom is 0.171 e. The third kappa shape index (κ3) is 2.66. The van der Waals surface area contributed by atoms with Crippen LogP contribution in [-0.4, -0.2) is 35.9 Å². The average molecular weight is 318 g/mol. The van der Waals surface area contributed by atoms with Crippen molar-refractivity contribution in [1.82, 2.24) is 10.6 Å². The SMILES string of the molecule is NC1CNC2(CC2)CC1NC(=S)Nc1cccc2c1CCO2. The molecule has 1 aromatic carbocycles. The Labute approximate surface area is 136 Å². The van der Waals surface area contributed by atoms with Gasteiger partial charge < -0.3 is 26.4 Å². The summed E-state index contributed by atoms with van der Waals surface area (Å²) in [5.41, 5.74) is 8.80. The molecule has 1 aliphatic carbocycles. The van der Waals surface area contributed by atoms with E-state index in [1.165, 1.54) is 18.4 Å². The van der Waals surface area contributed by atoms with Crippen LogP contribution in [0.15, 0.2) is 18.2 Å². The number of benzene rings is 1. The van der Waals surface area contributed by atoms with Crippen LogP contribution in [0.2, 0.25) is 0 Å². The van der Waals surface area contributed by atoms with Gasteiger partial charge in [0.25, 0.3) is 0 Å². The zero-order valence-corrected chi connectivity index (χ0v) is 13.3. The topological polar surface area (TPSA) is 71.3 Å². The average Bonchev–Trinajstić information content (AvgIpc) is 3.06. The molecule has 2 fully saturated rings. The second kappa shape index (κ2) is 5.37. The van der Waals surface area contributed by atoms with Crippen molar-refractivity contribution >= 4 is 23.0 Å². The van der Waals surface area contributed by atoms with Gasteiger partial charge in [-0.3, -0.25) is 0 Å². The number of nitrogens with two attached hydrogens (primary N) is 1. The molecule has 0 aromatic heterocycles. The van der Waals surface area contributed by atoms with Crippen molar-refractivity contribution in [1.29, 1.82) is 0 Å². The Hall–Kier alpha value is -1.37. The highest BCUT2D eigenvalue weighted by atomic mass is 32.1. The molecular weight excluding hydrogens is 296 g/mol. The number of piperidine rings is 1. The van der Waals surface area contributed by atoms with Crippen molar-refractivity contribution in [3.63, 3.8) is 0 Å². The maximum absolute atomic E-state index is 6.23. The standard InChI is InChI=1S/C16H22N4OS/c17-11-9-18-16(5-6-16)8-13(11)20-15(22)19-12-2-1-3-14-10(12)4-7-21-14/h1-3,11,13,18H,4-9,17H2,(H2,19,20,22). The van der Waals surface area contributed by atoms with Crippen LogP contribution in [0.3, 0.4) is 0 Å². The van der Waals surface area contributed by atoms with Crippen LogP contribution in [0, 0.1) is 0 Å². The molecule has 2 heterocycles. The largest absolute Gasteiger partial charge is 0.493 e. The summed E-state index contributed by atoms with van der Waals surface area (Å²) in [5.74, 6) is 0.961. The summed E-state index contributed by atoms with van der Waals surface area (Å²) in [5, 5.41) is 11.0. The Morgan fingerprint density at radius 2 is 2.27 bits per heavy atom. The lowest BCUT2D eigenvalue weighted by atomic mass is 9.94. The fraction of sp³-hybridized carbons (Fsp3) is 0.562. The predicted molar refractivity (Wildman–Crippen MR) is 91.3 cm³/mol. The summed E-state index contributed by atoms with van der Waals surface area (Å²) < 4.78 is 5.59. The van der Waals surface area contributed by atoms with Crippen LogP contribution in [-0.2, 0) is 6.42 Å². The zero-order valence-electron chi connectivity index (χ0n) is 12.5. The lowest BCUT2D eigenvalue weighted by Crippen LogP contribution is -2.61. The highest BCUT2D eigenvalue weighted by Crippen LogP contribution is 2.41. The Bertz CT molecular complexity index is 602. The van der Waals surface area contributed by atoms with Gasteiger partial charge in [0, 0.05) is 41.8 Å². The number of thiocarbonyl (C=S) groups is 1. The molecule has 1 saturated heterocycles. The third-order valence-corrected chi connectivity index (χ3v) is 5.22. The van der Waals surface area contributed by atoms with Gasteiger partial charge >= 0.3 is 0 Å². The lowest BCUT2D eigenvalue weighted by Gasteiger charge is -2.36. The molecule has 5 N–H and O–H groups in total. The monoisotopic (exact) mass is 318 g/mol. The Morgan fingerprint density at radius 3 is 3.09 bits per heavy atom. The minimum atomic E-state index is 0.0933. The first-order valence-corrected chi connectivity index (χ1v) is 8.39. The van der Waals surface area contributed by atoms with Gasteiger partial charge in [-0.2, -0.15) is 0 Å². The van der Waals surface area contributed by atoms with E-state index in [0.29, 0.717) is 10.7 Å². The molecule has 2 aliphatic heterocycles. The van der Waals surface area contributed by atoms with Crippen molar-refractivity contribution in [2.75, 3.05) is 18.5 Å². The van der Waals surface area contributed by atoms with E-state index in [9.17, 15) is 0 Å². The smallest absolute Gasteiger partial charge is 0.171 e. The van der Waals surface area contributed by atoms with E-state index < -0.39 is 0 Å².